The minimum Gasteiger partial charge on any atom is -0.328 e. The summed E-state index contributed by atoms with van der Waals surface area (Å²) in [5.41, 5.74) is 4.11. The first-order valence-corrected chi connectivity index (χ1v) is 7.97. The Hall–Kier alpha value is -2.69. The van der Waals surface area contributed by atoms with E-state index in [2.05, 4.69) is 15.2 Å². The number of nitrogens with one attached hydrogen (secondary N) is 1. The maximum Gasteiger partial charge on any atom is 0.228 e. The SMILES string of the molecule is CCn1ccnc1C(=O)c1ccc(-c2cn[nH]c2C2CC2)cc1. The van der Waals surface area contributed by atoms with Crippen LogP contribution in [0.5, 0.6) is 0 Å². The Morgan fingerprint density at radius 2 is 2.09 bits per heavy atom. The minimum absolute atomic E-state index is 0.0435. The molecule has 0 bridgehead atoms. The zero-order chi connectivity index (χ0) is 15.8. The number of carbonyl (C=O) groups is 1. The summed E-state index contributed by atoms with van der Waals surface area (Å²) in [4.78, 5) is 16.7. The molecule has 0 amide bonds. The maximum absolute atomic E-state index is 12.6. The fourth-order valence-corrected chi connectivity index (χ4v) is 2.91. The highest BCUT2D eigenvalue weighted by atomic mass is 16.1. The van der Waals surface area contributed by atoms with Crippen molar-refractivity contribution in [3.63, 3.8) is 0 Å². The highest BCUT2D eigenvalue weighted by molar-refractivity contribution is 6.06. The first-order chi connectivity index (χ1) is 11.3. The fraction of sp³-hybridized carbons (Fsp3) is 0.278. The van der Waals surface area contributed by atoms with Crippen molar-refractivity contribution in [3.8, 4) is 11.1 Å². The van der Waals surface area contributed by atoms with E-state index in [1.807, 2.05) is 48.1 Å². The third-order valence-corrected chi connectivity index (χ3v) is 4.37. The van der Waals surface area contributed by atoms with Crippen molar-refractivity contribution in [2.24, 2.45) is 0 Å². The molecule has 5 heteroatoms. The van der Waals surface area contributed by atoms with Gasteiger partial charge in [0.25, 0.3) is 0 Å². The van der Waals surface area contributed by atoms with Crippen LogP contribution < -0.4 is 0 Å². The first kappa shape index (κ1) is 13.9. The lowest BCUT2D eigenvalue weighted by Crippen LogP contribution is -2.10. The number of ketones is 1. The lowest BCUT2D eigenvalue weighted by molar-refractivity contribution is 0.102. The van der Waals surface area contributed by atoms with Crippen LogP contribution in [0.3, 0.4) is 0 Å². The second kappa shape index (κ2) is 5.50. The van der Waals surface area contributed by atoms with E-state index in [0.29, 0.717) is 17.3 Å². The molecule has 0 saturated heterocycles. The van der Waals surface area contributed by atoms with E-state index in [9.17, 15) is 4.79 Å². The molecule has 5 nitrogen and oxygen atoms in total. The molecule has 1 fully saturated rings. The molecule has 0 unspecified atom stereocenters. The van der Waals surface area contributed by atoms with E-state index < -0.39 is 0 Å². The van der Waals surface area contributed by atoms with Gasteiger partial charge in [0.15, 0.2) is 5.82 Å². The standard InChI is InChI=1S/C18H18N4O/c1-2-22-10-9-19-18(22)17(23)14-7-3-12(4-8-14)15-11-20-21-16(15)13-5-6-13/h3-4,7-11,13H,2,5-6H2,1H3,(H,20,21). The highest BCUT2D eigenvalue weighted by Gasteiger charge is 2.28. The Labute approximate surface area is 134 Å². The molecule has 2 heterocycles. The Morgan fingerprint density at radius 3 is 2.78 bits per heavy atom. The number of hydrogen-bond donors (Lipinski definition) is 1. The van der Waals surface area contributed by atoms with Gasteiger partial charge in [-0.05, 0) is 25.3 Å². The quantitative estimate of drug-likeness (QED) is 0.735. The molecule has 23 heavy (non-hydrogen) atoms. The fourth-order valence-electron chi connectivity index (χ4n) is 2.91. The van der Waals surface area contributed by atoms with Gasteiger partial charge in [-0.2, -0.15) is 5.10 Å². The number of nitrogens with zero attached hydrogens (tertiary/aromatic N) is 3. The van der Waals surface area contributed by atoms with E-state index in [4.69, 9.17) is 0 Å². The molecular formula is C18H18N4O. The molecule has 4 rings (SSSR count). The van der Waals surface area contributed by atoms with Gasteiger partial charge in [0.1, 0.15) is 0 Å². The smallest absolute Gasteiger partial charge is 0.228 e. The summed E-state index contributed by atoms with van der Waals surface area (Å²) in [5.74, 6) is 1.06. The predicted octanol–water partition coefficient (Wildman–Crippen LogP) is 3.40. The largest absolute Gasteiger partial charge is 0.328 e. The van der Waals surface area contributed by atoms with Crippen LogP contribution >= 0.6 is 0 Å². The van der Waals surface area contributed by atoms with Crippen LogP contribution in [0, 0.1) is 0 Å². The number of H-pyrrole nitrogens is 1. The maximum atomic E-state index is 12.6. The average molecular weight is 306 g/mol. The molecule has 0 radical (unpaired) electrons. The monoisotopic (exact) mass is 306 g/mol. The van der Waals surface area contributed by atoms with Crippen molar-refractivity contribution in [1.82, 2.24) is 19.7 Å². The van der Waals surface area contributed by atoms with E-state index in [1.165, 1.54) is 18.5 Å². The van der Waals surface area contributed by atoms with E-state index in [0.717, 1.165) is 17.7 Å². The minimum atomic E-state index is -0.0435. The number of aryl methyl sites for hydroxylation is 1. The third kappa shape index (κ3) is 2.48. The number of carbonyl (C=O) groups excluding carboxylic acids is 1. The predicted molar refractivity (Wildman–Crippen MR) is 87.3 cm³/mol. The third-order valence-electron chi connectivity index (χ3n) is 4.37. The molecule has 0 atom stereocenters. The Bertz CT molecular complexity index is 840. The summed E-state index contributed by atoms with van der Waals surface area (Å²) in [6.45, 7) is 2.73. The number of aromatic nitrogens is 4. The van der Waals surface area contributed by atoms with Gasteiger partial charge in [-0.3, -0.25) is 9.89 Å². The first-order valence-electron chi connectivity index (χ1n) is 7.97. The van der Waals surface area contributed by atoms with Crippen molar-refractivity contribution in [3.05, 3.63) is 59.9 Å². The van der Waals surface area contributed by atoms with Gasteiger partial charge in [0.05, 0.1) is 6.20 Å². The number of imidazole rings is 1. The number of benzene rings is 1. The van der Waals surface area contributed by atoms with Crippen LogP contribution in [0.1, 0.15) is 47.6 Å². The van der Waals surface area contributed by atoms with Gasteiger partial charge in [0, 0.05) is 41.7 Å². The lowest BCUT2D eigenvalue weighted by Gasteiger charge is -2.06. The Balaban J connectivity index is 1.63. The van der Waals surface area contributed by atoms with Crippen LogP contribution in [0.25, 0.3) is 11.1 Å². The zero-order valence-corrected chi connectivity index (χ0v) is 13.0. The molecule has 1 aliphatic carbocycles. The Kier molecular flexibility index (Phi) is 3.33. The topological polar surface area (TPSA) is 63.6 Å². The van der Waals surface area contributed by atoms with Crippen LogP contribution in [0.15, 0.2) is 42.9 Å². The van der Waals surface area contributed by atoms with Gasteiger partial charge >= 0.3 is 0 Å². The van der Waals surface area contributed by atoms with E-state index in [-0.39, 0.29) is 5.78 Å². The molecule has 1 aromatic carbocycles. The van der Waals surface area contributed by atoms with Gasteiger partial charge in [-0.25, -0.2) is 4.98 Å². The molecule has 1 N–H and O–H groups in total. The van der Waals surface area contributed by atoms with Crippen molar-refractivity contribution in [2.45, 2.75) is 32.2 Å². The summed E-state index contributed by atoms with van der Waals surface area (Å²) >= 11 is 0. The van der Waals surface area contributed by atoms with E-state index in [1.54, 1.807) is 6.20 Å². The normalized spacial score (nSPS) is 14.1. The van der Waals surface area contributed by atoms with Crippen LogP contribution in [0.4, 0.5) is 0 Å². The molecule has 2 aromatic heterocycles. The van der Waals surface area contributed by atoms with E-state index >= 15 is 0 Å². The summed E-state index contributed by atoms with van der Waals surface area (Å²) in [6.07, 6.45) is 7.82. The highest BCUT2D eigenvalue weighted by Crippen LogP contribution is 2.43. The van der Waals surface area contributed by atoms with Crippen LogP contribution in [-0.2, 0) is 6.54 Å². The van der Waals surface area contributed by atoms with Crippen LogP contribution in [-0.4, -0.2) is 25.5 Å². The van der Waals surface area contributed by atoms with Crippen LogP contribution in [0.2, 0.25) is 0 Å². The van der Waals surface area contributed by atoms with Gasteiger partial charge < -0.3 is 4.57 Å². The number of hydrogen-bond acceptors (Lipinski definition) is 3. The van der Waals surface area contributed by atoms with Crippen molar-refractivity contribution < 1.29 is 4.79 Å². The second-order valence-electron chi connectivity index (χ2n) is 5.91. The summed E-state index contributed by atoms with van der Waals surface area (Å²) in [5, 5.41) is 7.29. The number of aromatic amines is 1. The molecular weight excluding hydrogens is 288 g/mol. The second-order valence-corrected chi connectivity index (χ2v) is 5.91. The average Bonchev–Trinajstić information content (AvgIpc) is 3.14. The van der Waals surface area contributed by atoms with Gasteiger partial charge in [0.2, 0.25) is 5.78 Å². The molecule has 0 spiro atoms. The van der Waals surface area contributed by atoms with Crippen molar-refractivity contribution in [2.75, 3.05) is 0 Å². The molecule has 0 aliphatic heterocycles. The Morgan fingerprint density at radius 1 is 1.30 bits per heavy atom. The summed E-state index contributed by atoms with van der Waals surface area (Å²) in [6, 6.07) is 7.72. The molecule has 3 aromatic rings. The van der Waals surface area contributed by atoms with Crippen molar-refractivity contribution in [1.29, 1.82) is 0 Å². The molecule has 116 valence electrons. The number of rotatable bonds is 5. The van der Waals surface area contributed by atoms with Gasteiger partial charge in [-0.1, -0.05) is 24.3 Å². The zero-order valence-electron chi connectivity index (χ0n) is 13.0. The molecule has 1 saturated carbocycles. The summed E-state index contributed by atoms with van der Waals surface area (Å²) in [7, 11) is 0. The lowest BCUT2D eigenvalue weighted by atomic mass is 10.0. The molecule has 1 aliphatic rings. The van der Waals surface area contributed by atoms with Gasteiger partial charge in [-0.15, -0.1) is 0 Å². The summed E-state index contributed by atoms with van der Waals surface area (Å²) < 4.78 is 1.86. The van der Waals surface area contributed by atoms with Crippen molar-refractivity contribution >= 4 is 5.78 Å².